The minimum atomic E-state index is -3.98. The number of rotatable bonds is 5. The zero-order valence-electron chi connectivity index (χ0n) is 11.8. The van der Waals surface area contributed by atoms with E-state index in [-0.39, 0.29) is 23.3 Å². The van der Waals surface area contributed by atoms with Crippen molar-refractivity contribution < 1.29 is 12.8 Å². The SMILES string of the molecule is CC(CNS(=O)(=O)c1cc(Cl)cc(N)c1F)N1CCCC1. The van der Waals surface area contributed by atoms with Gasteiger partial charge in [0.1, 0.15) is 4.90 Å². The van der Waals surface area contributed by atoms with Crippen molar-refractivity contribution in [2.45, 2.75) is 30.7 Å². The Morgan fingerprint density at radius 3 is 2.67 bits per heavy atom. The second-order valence-electron chi connectivity index (χ2n) is 5.25. The van der Waals surface area contributed by atoms with Gasteiger partial charge in [-0.2, -0.15) is 0 Å². The highest BCUT2D eigenvalue weighted by atomic mass is 35.5. The molecule has 1 aromatic carbocycles. The van der Waals surface area contributed by atoms with Crippen molar-refractivity contribution in [2.24, 2.45) is 0 Å². The summed E-state index contributed by atoms with van der Waals surface area (Å²) in [6.45, 7) is 4.08. The van der Waals surface area contributed by atoms with Crippen molar-refractivity contribution in [3.05, 3.63) is 23.0 Å². The summed E-state index contributed by atoms with van der Waals surface area (Å²) in [4.78, 5) is 1.69. The summed E-state index contributed by atoms with van der Waals surface area (Å²) in [5.41, 5.74) is 5.13. The Bertz CT molecular complexity index is 618. The van der Waals surface area contributed by atoms with Crippen LogP contribution in [-0.2, 0) is 10.0 Å². The number of nitrogens with one attached hydrogen (secondary N) is 1. The lowest BCUT2D eigenvalue weighted by atomic mass is 10.3. The number of benzene rings is 1. The predicted octanol–water partition coefficient (Wildman–Crippen LogP) is 1.82. The average Bonchev–Trinajstić information content (AvgIpc) is 2.94. The van der Waals surface area contributed by atoms with E-state index in [1.807, 2.05) is 6.92 Å². The zero-order valence-corrected chi connectivity index (χ0v) is 13.3. The van der Waals surface area contributed by atoms with Gasteiger partial charge < -0.3 is 5.73 Å². The standard InChI is InChI=1S/C13H19ClFN3O2S/c1-9(18-4-2-3-5-18)8-17-21(19,20)12-7-10(14)6-11(16)13(12)15/h6-7,9,17H,2-5,8,16H2,1H3. The number of hydrogen-bond donors (Lipinski definition) is 2. The van der Waals surface area contributed by atoms with Gasteiger partial charge in [-0.15, -0.1) is 0 Å². The number of nitrogens with zero attached hydrogens (tertiary/aromatic N) is 1. The Morgan fingerprint density at radius 1 is 1.43 bits per heavy atom. The number of halogens is 2. The molecule has 0 amide bonds. The molecule has 0 radical (unpaired) electrons. The fourth-order valence-corrected chi connectivity index (χ4v) is 3.94. The second-order valence-corrected chi connectivity index (χ2v) is 7.42. The number of nitrogen functional groups attached to an aromatic ring is 1. The van der Waals surface area contributed by atoms with Gasteiger partial charge in [0, 0.05) is 17.6 Å². The fourth-order valence-electron chi connectivity index (χ4n) is 2.40. The van der Waals surface area contributed by atoms with Gasteiger partial charge in [0.2, 0.25) is 10.0 Å². The van der Waals surface area contributed by atoms with Gasteiger partial charge in [-0.25, -0.2) is 17.5 Å². The van der Waals surface area contributed by atoms with Crippen molar-refractivity contribution >= 4 is 27.3 Å². The molecule has 1 atom stereocenters. The van der Waals surface area contributed by atoms with Crippen molar-refractivity contribution in [1.82, 2.24) is 9.62 Å². The molecule has 0 bridgehead atoms. The quantitative estimate of drug-likeness (QED) is 0.805. The lowest BCUT2D eigenvalue weighted by molar-refractivity contribution is 0.260. The van der Waals surface area contributed by atoms with Crippen molar-refractivity contribution in [1.29, 1.82) is 0 Å². The summed E-state index contributed by atoms with van der Waals surface area (Å²) >= 11 is 5.75. The highest BCUT2D eigenvalue weighted by Crippen LogP contribution is 2.25. The molecule has 3 N–H and O–H groups in total. The number of sulfonamides is 1. The first kappa shape index (κ1) is 16.5. The van der Waals surface area contributed by atoms with Crippen LogP contribution in [0.2, 0.25) is 5.02 Å². The Kier molecular flexibility index (Phi) is 5.08. The molecule has 0 aliphatic carbocycles. The molecule has 0 spiro atoms. The summed E-state index contributed by atoms with van der Waals surface area (Å²) in [5.74, 6) is -0.972. The van der Waals surface area contributed by atoms with E-state index in [2.05, 4.69) is 9.62 Å². The predicted molar refractivity (Wildman–Crippen MR) is 81.3 cm³/mol. The maximum atomic E-state index is 13.9. The topological polar surface area (TPSA) is 75.4 Å². The van der Waals surface area contributed by atoms with Gasteiger partial charge in [-0.3, -0.25) is 4.90 Å². The Morgan fingerprint density at radius 2 is 2.05 bits per heavy atom. The first-order chi connectivity index (χ1) is 9.81. The smallest absolute Gasteiger partial charge is 0.243 e. The molecule has 1 fully saturated rings. The maximum absolute atomic E-state index is 13.9. The summed E-state index contributed by atoms with van der Waals surface area (Å²) in [6, 6.07) is 2.31. The average molecular weight is 336 g/mol. The third-order valence-electron chi connectivity index (χ3n) is 3.65. The normalized spacial score (nSPS) is 18.0. The van der Waals surface area contributed by atoms with Crippen LogP contribution in [0.4, 0.5) is 10.1 Å². The van der Waals surface area contributed by atoms with Gasteiger partial charge in [-0.1, -0.05) is 11.6 Å². The molecular formula is C13H19ClFN3O2S. The van der Waals surface area contributed by atoms with Crippen LogP contribution in [0.15, 0.2) is 17.0 Å². The van der Waals surface area contributed by atoms with E-state index in [0.29, 0.717) is 0 Å². The van der Waals surface area contributed by atoms with E-state index >= 15 is 0 Å². The third-order valence-corrected chi connectivity index (χ3v) is 5.30. The van der Waals surface area contributed by atoms with Gasteiger partial charge >= 0.3 is 0 Å². The van der Waals surface area contributed by atoms with Crippen molar-refractivity contribution in [3.8, 4) is 0 Å². The molecule has 1 unspecified atom stereocenters. The van der Waals surface area contributed by atoms with E-state index in [4.69, 9.17) is 17.3 Å². The summed E-state index contributed by atoms with van der Waals surface area (Å²) in [7, 11) is -3.98. The minimum Gasteiger partial charge on any atom is -0.396 e. The number of hydrogen-bond acceptors (Lipinski definition) is 4. The third kappa shape index (κ3) is 3.85. The monoisotopic (exact) mass is 335 g/mol. The molecule has 2 rings (SSSR count). The van der Waals surface area contributed by atoms with Crippen LogP contribution < -0.4 is 10.5 Å². The molecule has 8 heteroatoms. The molecule has 1 heterocycles. The number of likely N-dealkylation sites (tertiary alicyclic amines) is 1. The van der Waals surface area contributed by atoms with Gasteiger partial charge in [0.25, 0.3) is 0 Å². The lowest BCUT2D eigenvalue weighted by Crippen LogP contribution is -2.40. The van der Waals surface area contributed by atoms with Crippen LogP contribution in [0.3, 0.4) is 0 Å². The maximum Gasteiger partial charge on any atom is 0.243 e. The lowest BCUT2D eigenvalue weighted by Gasteiger charge is -2.23. The Balaban J connectivity index is 2.11. The van der Waals surface area contributed by atoms with Crippen molar-refractivity contribution in [3.63, 3.8) is 0 Å². The summed E-state index contributed by atoms with van der Waals surface area (Å²) in [5, 5.41) is 0.0851. The van der Waals surface area contributed by atoms with E-state index < -0.39 is 20.7 Å². The molecule has 1 aliphatic rings. The zero-order chi connectivity index (χ0) is 15.6. The van der Waals surface area contributed by atoms with E-state index in [0.717, 1.165) is 32.0 Å². The minimum absolute atomic E-state index is 0.0573. The van der Waals surface area contributed by atoms with Gasteiger partial charge in [0.15, 0.2) is 5.82 Å². The van der Waals surface area contributed by atoms with Crippen LogP contribution in [0.1, 0.15) is 19.8 Å². The molecule has 1 aromatic rings. The molecular weight excluding hydrogens is 317 g/mol. The highest BCUT2D eigenvalue weighted by molar-refractivity contribution is 7.89. The first-order valence-corrected chi connectivity index (χ1v) is 8.65. The fraction of sp³-hybridized carbons (Fsp3) is 0.538. The Hall–Kier alpha value is -0.890. The van der Waals surface area contributed by atoms with Gasteiger partial charge in [-0.05, 0) is 45.0 Å². The van der Waals surface area contributed by atoms with E-state index in [1.54, 1.807) is 0 Å². The summed E-state index contributed by atoms with van der Waals surface area (Å²) in [6.07, 6.45) is 2.24. The van der Waals surface area contributed by atoms with Crippen LogP contribution in [0.5, 0.6) is 0 Å². The number of nitrogens with two attached hydrogens (primary N) is 1. The molecule has 21 heavy (non-hydrogen) atoms. The molecule has 0 saturated carbocycles. The molecule has 1 saturated heterocycles. The number of anilines is 1. The molecule has 5 nitrogen and oxygen atoms in total. The van der Waals surface area contributed by atoms with E-state index in [9.17, 15) is 12.8 Å². The van der Waals surface area contributed by atoms with E-state index in [1.165, 1.54) is 6.07 Å². The van der Waals surface area contributed by atoms with Crippen LogP contribution in [0.25, 0.3) is 0 Å². The molecule has 118 valence electrons. The van der Waals surface area contributed by atoms with Crippen LogP contribution in [0, 0.1) is 5.82 Å². The Labute approximate surface area is 129 Å². The molecule has 0 aromatic heterocycles. The largest absolute Gasteiger partial charge is 0.396 e. The van der Waals surface area contributed by atoms with Crippen LogP contribution >= 0.6 is 11.6 Å². The molecule has 1 aliphatic heterocycles. The highest BCUT2D eigenvalue weighted by Gasteiger charge is 2.24. The second kappa shape index (κ2) is 6.48. The summed E-state index contributed by atoms with van der Waals surface area (Å²) < 4.78 is 40.7. The van der Waals surface area contributed by atoms with Crippen molar-refractivity contribution in [2.75, 3.05) is 25.4 Å². The first-order valence-electron chi connectivity index (χ1n) is 6.79. The van der Waals surface area contributed by atoms with Crippen LogP contribution in [-0.4, -0.2) is 39.0 Å². The van der Waals surface area contributed by atoms with Gasteiger partial charge in [0.05, 0.1) is 5.69 Å².